The van der Waals surface area contributed by atoms with Gasteiger partial charge in [-0.1, -0.05) is 228 Å². The van der Waals surface area contributed by atoms with Crippen molar-refractivity contribution in [2.24, 2.45) is 0 Å². The van der Waals surface area contributed by atoms with Crippen LogP contribution in [0.1, 0.15) is 239 Å². The molecule has 0 aliphatic heterocycles. The summed E-state index contributed by atoms with van der Waals surface area (Å²) >= 11 is 0. The van der Waals surface area contributed by atoms with Gasteiger partial charge < -0.3 is 14.2 Å². The maximum atomic E-state index is 12.5. The Hall–Kier alpha value is -3.41. The van der Waals surface area contributed by atoms with Crippen molar-refractivity contribution in [1.82, 2.24) is 0 Å². The summed E-state index contributed by atoms with van der Waals surface area (Å²) in [5.74, 6) is -0.908. The molecule has 0 aromatic rings. The van der Waals surface area contributed by atoms with Crippen LogP contribution in [0, 0.1) is 0 Å². The predicted octanol–water partition coefficient (Wildman–Crippen LogP) is 17.2. The van der Waals surface area contributed by atoms with Crippen LogP contribution in [0.3, 0.4) is 0 Å². The van der Waals surface area contributed by atoms with Crippen molar-refractivity contribution in [3.05, 3.63) is 85.1 Å². The average molecular weight is 877 g/mol. The van der Waals surface area contributed by atoms with Crippen molar-refractivity contribution >= 4 is 17.9 Å². The second-order valence-electron chi connectivity index (χ2n) is 17.1. The minimum absolute atomic E-state index is 0.0755. The zero-order valence-corrected chi connectivity index (χ0v) is 41.1. The van der Waals surface area contributed by atoms with Crippen LogP contribution in [-0.4, -0.2) is 37.2 Å². The average Bonchev–Trinajstić information content (AvgIpc) is 3.28. The number of carbonyl (C=O) groups is 3. The van der Waals surface area contributed by atoms with E-state index in [0.717, 1.165) is 122 Å². The standard InChI is InChI=1S/C57H96O6/c1-4-7-10-13-14-15-16-17-18-19-20-21-22-23-24-25-26-27-28-29-30-31-32-33-34-35-36-37-38-39-40-41-42-45-47-50-56(59)62-53-54(63-57(60)51-48-44-12-9-6-3)52-61-55(58)49-46-43-11-8-5-2/h7,10,14-15,17-18,20-21,23-24,26-27,29-30,54H,4-6,8-9,11-13,16,19,22,25,28,31-53H2,1-3H3/b10-7-,15-14-,18-17-,21-20-,24-23-,27-26-,30-29-. The maximum Gasteiger partial charge on any atom is 0.306 e. The molecular weight excluding hydrogens is 781 g/mol. The Morgan fingerprint density at radius 1 is 0.333 bits per heavy atom. The summed E-state index contributed by atoms with van der Waals surface area (Å²) in [5, 5.41) is 0. The Kier molecular flexibility index (Phi) is 48.5. The molecule has 1 atom stereocenters. The van der Waals surface area contributed by atoms with Crippen LogP contribution in [0.4, 0.5) is 0 Å². The lowest BCUT2D eigenvalue weighted by Crippen LogP contribution is -2.30. The largest absolute Gasteiger partial charge is 0.462 e. The molecule has 0 heterocycles. The Bertz CT molecular complexity index is 1240. The van der Waals surface area contributed by atoms with Crippen LogP contribution in [0.5, 0.6) is 0 Å². The first kappa shape index (κ1) is 59.6. The molecule has 0 aromatic carbocycles. The van der Waals surface area contributed by atoms with Crippen LogP contribution in [0.2, 0.25) is 0 Å². The summed E-state index contributed by atoms with van der Waals surface area (Å²) in [4.78, 5) is 37.2. The summed E-state index contributed by atoms with van der Waals surface area (Å²) in [7, 11) is 0. The van der Waals surface area contributed by atoms with Crippen molar-refractivity contribution in [3.63, 3.8) is 0 Å². The number of esters is 3. The zero-order chi connectivity index (χ0) is 45.8. The van der Waals surface area contributed by atoms with E-state index in [1.807, 2.05) is 0 Å². The van der Waals surface area contributed by atoms with Crippen LogP contribution < -0.4 is 0 Å². The van der Waals surface area contributed by atoms with E-state index in [9.17, 15) is 14.4 Å². The molecule has 0 aliphatic rings. The van der Waals surface area contributed by atoms with Crippen LogP contribution >= 0.6 is 0 Å². The molecule has 0 rings (SSSR count). The molecule has 6 nitrogen and oxygen atoms in total. The van der Waals surface area contributed by atoms with Gasteiger partial charge in [0.1, 0.15) is 13.2 Å². The highest BCUT2D eigenvalue weighted by Crippen LogP contribution is 2.15. The number of rotatable bonds is 46. The lowest BCUT2D eigenvalue weighted by Gasteiger charge is -2.18. The Morgan fingerprint density at radius 2 is 0.619 bits per heavy atom. The topological polar surface area (TPSA) is 78.9 Å². The number of hydrogen-bond acceptors (Lipinski definition) is 6. The molecule has 0 radical (unpaired) electrons. The van der Waals surface area contributed by atoms with Crippen molar-refractivity contribution in [3.8, 4) is 0 Å². The van der Waals surface area contributed by atoms with Gasteiger partial charge in [0, 0.05) is 19.3 Å². The van der Waals surface area contributed by atoms with Gasteiger partial charge in [0.15, 0.2) is 6.10 Å². The van der Waals surface area contributed by atoms with Gasteiger partial charge in [-0.25, -0.2) is 0 Å². The third-order valence-corrected chi connectivity index (χ3v) is 10.9. The molecule has 0 saturated carbocycles. The van der Waals surface area contributed by atoms with Gasteiger partial charge in [-0.2, -0.15) is 0 Å². The number of hydrogen-bond donors (Lipinski definition) is 0. The highest BCUT2D eigenvalue weighted by molar-refractivity contribution is 5.71. The SMILES string of the molecule is CC/C=C\C/C=C\C/C=C\C/C=C\C/C=C\C/C=C\C/C=C\CCCCCCCCCCCCCCCC(=O)OCC(COC(=O)CCCCCCC)OC(=O)CCCCCCC. The van der Waals surface area contributed by atoms with E-state index in [-0.39, 0.29) is 31.1 Å². The van der Waals surface area contributed by atoms with Crippen molar-refractivity contribution in [2.45, 2.75) is 245 Å². The Balaban J connectivity index is 3.81. The summed E-state index contributed by atoms with van der Waals surface area (Å²) in [6.45, 7) is 6.34. The van der Waals surface area contributed by atoms with E-state index in [1.165, 1.54) is 77.0 Å². The monoisotopic (exact) mass is 877 g/mol. The zero-order valence-electron chi connectivity index (χ0n) is 41.1. The number of carbonyl (C=O) groups excluding carboxylic acids is 3. The molecule has 0 N–H and O–H groups in total. The van der Waals surface area contributed by atoms with Gasteiger partial charge in [-0.3, -0.25) is 14.4 Å². The first-order valence-electron chi connectivity index (χ1n) is 26.1. The molecule has 6 heteroatoms. The first-order valence-corrected chi connectivity index (χ1v) is 26.1. The molecule has 63 heavy (non-hydrogen) atoms. The van der Waals surface area contributed by atoms with E-state index in [2.05, 4.69) is 106 Å². The first-order chi connectivity index (χ1) is 31.0. The van der Waals surface area contributed by atoms with E-state index < -0.39 is 6.10 Å². The summed E-state index contributed by atoms with van der Waals surface area (Å²) < 4.78 is 16.5. The molecule has 0 spiro atoms. The fourth-order valence-electron chi connectivity index (χ4n) is 7.01. The fraction of sp³-hybridized carbons (Fsp3) is 0.702. The quantitative estimate of drug-likeness (QED) is 0.0262. The lowest BCUT2D eigenvalue weighted by atomic mass is 10.0. The predicted molar refractivity (Wildman–Crippen MR) is 270 cm³/mol. The number of allylic oxidation sites excluding steroid dienone is 14. The number of ether oxygens (including phenoxy) is 3. The minimum Gasteiger partial charge on any atom is -0.462 e. The molecule has 360 valence electrons. The van der Waals surface area contributed by atoms with Crippen LogP contribution in [0.15, 0.2) is 85.1 Å². The summed E-state index contributed by atoms with van der Waals surface area (Å²) in [6.07, 6.45) is 66.7. The molecular formula is C57H96O6. The molecule has 0 aromatic heterocycles. The third-order valence-electron chi connectivity index (χ3n) is 10.9. The third kappa shape index (κ3) is 49.5. The molecule has 0 saturated heterocycles. The smallest absolute Gasteiger partial charge is 0.306 e. The molecule has 0 amide bonds. The molecule has 1 unspecified atom stereocenters. The van der Waals surface area contributed by atoms with Gasteiger partial charge in [0.05, 0.1) is 0 Å². The molecule has 0 aliphatic carbocycles. The van der Waals surface area contributed by atoms with Crippen molar-refractivity contribution in [2.75, 3.05) is 13.2 Å². The van der Waals surface area contributed by atoms with E-state index >= 15 is 0 Å². The van der Waals surface area contributed by atoms with E-state index in [1.54, 1.807) is 0 Å². The van der Waals surface area contributed by atoms with Crippen LogP contribution in [-0.2, 0) is 28.6 Å². The van der Waals surface area contributed by atoms with Gasteiger partial charge >= 0.3 is 17.9 Å². The molecule has 0 fully saturated rings. The Morgan fingerprint density at radius 3 is 0.968 bits per heavy atom. The second-order valence-corrected chi connectivity index (χ2v) is 17.1. The summed E-state index contributed by atoms with van der Waals surface area (Å²) in [6, 6.07) is 0. The van der Waals surface area contributed by atoms with Gasteiger partial charge in [0.25, 0.3) is 0 Å². The normalized spacial score (nSPS) is 12.7. The fourth-order valence-corrected chi connectivity index (χ4v) is 7.01. The van der Waals surface area contributed by atoms with E-state index in [4.69, 9.17) is 14.2 Å². The second kappa shape index (κ2) is 51.2. The summed E-state index contributed by atoms with van der Waals surface area (Å²) in [5.41, 5.74) is 0. The number of unbranched alkanes of at least 4 members (excludes halogenated alkanes) is 21. The van der Waals surface area contributed by atoms with Gasteiger partial charge in [0.2, 0.25) is 0 Å². The molecule has 0 bridgehead atoms. The van der Waals surface area contributed by atoms with Gasteiger partial charge in [-0.05, 0) is 77.0 Å². The lowest BCUT2D eigenvalue weighted by molar-refractivity contribution is -0.167. The Labute approximate surface area is 388 Å². The minimum atomic E-state index is -0.765. The van der Waals surface area contributed by atoms with Crippen molar-refractivity contribution in [1.29, 1.82) is 0 Å². The highest BCUT2D eigenvalue weighted by atomic mass is 16.6. The van der Waals surface area contributed by atoms with Crippen molar-refractivity contribution < 1.29 is 28.6 Å². The van der Waals surface area contributed by atoms with Crippen LogP contribution in [0.25, 0.3) is 0 Å². The maximum absolute atomic E-state index is 12.5. The van der Waals surface area contributed by atoms with E-state index in [0.29, 0.717) is 19.3 Å². The highest BCUT2D eigenvalue weighted by Gasteiger charge is 2.19. The van der Waals surface area contributed by atoms with Gasteiger partial charge in [-0.15, -0.1) is 0 Å².